The molecule has 102 valence electrons. The fourth-order valence-electron chi connectivity index (χ4n) is 2.08. The zero-order valence-corrected chi connectivity index (χ0v) is 11.7. The van der Waals surface area contributed by atoms with Crippen LogP contribution in [0.5, 0.6) is 11.5 Å². The van der Waals surface area contributed by atoms with Crippen LogP contribution in [-0.4, -0.2) is 21.3 Å². The van der Waals surface area contributed by atoms with Crippen LogP contribution >= 0.6 is 0 Å². The second-order valence-corrected chi connectivity index (χ2v) is 4.32. The Balaban J connectivity index is 2.42. The molecule has 0 bridgehead atoms. The molecule has 4 nitrogen and oxygen atoms in total. The van der Waals surface area contributed by atoms with Crippen molar-refractivity contribution >= 4 is 0 Å². The lowest BCUT2D eigenvalue weighted by molar-refractivity contribution is 0.390. The molecule has 1 unspecified atom stereocenters. The maximum absolute atomic E-state index is 5.69. The Kier molecular flexibility index (Phi) is 4.12. The third-order valence-corrected chi connectivity index (χ3v) is 3.04. The molecule has 1 N–H and O–H groups in total. The minimum atomic E-state index is -0.0299. The van der Waals surface area contributed by atoms with Crippen LogP contribution in [-0.2, 0) is 0 Å². The van der Waals surface area contributed by atoms with Gasteiger partial charge >= 0.3 is 0 Å². The standard InChI is InChI=1S/C15H19NO3/c1-10-5-6-14(19-10)15(16-2)11-7-12(17-3)9-13(8-11)18-4/h5-9,15-16H,1-4H3. The van der Waals surface area contributed by atoms with Gasteiger partial charge in [0.25, 0.3) is 0 Å². The molecular formula is C15H19NO3. The minimum Gasteiger partial charge on any atom is -0.497 e. The van der Waals surface area contributed by atoms with Crippen LogP contribution in [0.3, 0.4) is 0 Å². The summed E-state index contributed by atoms with van der Waals surface area (Å²) in [4.78, 5) is 0. The summed E-state index contributed by atoms with van der Waals surface area (Å²) in [5.41, 5.74) is 1.04. The van der Waals surface area contributed by atoms with Crippen molar-refractivity contribution in [1.82, 2.24) is 5.32 Å². The maximum atomic E-state index is 5.69. The highest BCUT2D eigenvalue weighted by Gasteiger charge is 2.17. The molecule has 0 fully saturated rings. The Morgan fingerprint density at radius 2 is 1.68 bits per heavy atom. The zero-order chi connectivity index (χ0) is 13.8. The van der Waals surface area contributed by atoms with E-state index in [0.29, 0.717) is 0 Å². The summed E-state index contributed by atoms with van der Waals surface area (Å²) in [5, 5.41) is 3.25. The van der Waals surface area contributed by atoms with Crippen molar-refractivity contribution in [1.29, 1.82) is 0 Å². The molecule has 1 heterocycles. The molecule has 0 amide bonds. The van der Waals surface area contributed by atoms with Crippen molar-refractivity contribution in [3.63, 3.8) is 0 Å². The van der Waals surface area contributed by atoms with Crippen molar-refractivity contribution in [2.24, 2.45) is 0 Å². The third-order valence-electron chi connectivity index (χ3n) is 3.04. The summed E-state index contributed by atoms with van der Waals surface area (Å²) < 4.78 is 16.3. The minimum absolute atomic E-state index is 0.0299. The van der Waals surface area contributed by atoms with Gasteiger partial charge in [-0.05, 0) is 43.8 Å². The summed E-state index contributed by atoms with van der Waals surface area (Å²) in [7, 11) is 5.18. The van der Waals surface area contributed by atoms with Crippen LogP contribution in [0, 0.1) is 6.92 Å². The van der Waals surface area contributed by atoms with E-state index in [2.05, 4.69) is 5.32 Å². The van der Waals surface area contributed by atoms with E-state index in [0.717, 1.165) is 28.6 Å². The molecule has 1 aromatic carbocycles. The molecule has 1 atom stereocenters. The van der Waals surface area contributed by atoms with E-state index in [9.17, 15) is 0 Å². The van der Waals surface area contributed by atoms with Gasteiger partial charge in [0.05, 0.1) is 20.3 Å². The first-order valence-corrected chi connectivity index (χ1v) is 6.14. The number of methoxy groups -OCH3 is 2. The van der Waals surface area contributed by atoms with E-state index in [1.807, 2.05) is 44.3 Å². The molecule has 0 aliphatic carbocycles. The Hall–Kier alpha value is -1.94. The van der Waals surface area contributed by atoms with E-state index in [4.69, 9.17) is 13.9 Å². The lowest BCUT2D eigenvalue weighted by Gasteiger charge is -2.16. The van der Waals surface area contributed by atoms with Crippen LogP contribution in [0.15, 0.2) is 34.7 Å². The SMILES string of the molecule is CNC(c1cc(OC)cc(OC)c1)c1ccc(C)o1. The molecule has 0 saturated heterocycles. The highest BCUT2D eigenvalue weighted by Crippen LogP contribution is 2.30. The maximum Gasteiger partial charge on any atom is 0.125 e. The highest BCUT2D eigenvalue weighted by molar-refractivity contribution is 5.41. The van der Waals surface area contributed by atoms with E-state index < -0.39 is 0 Å². The van der Waals surface area contributed by atoms with Crippen molar-refractivity contribution in [3.05, 3.63) is 47.4 Å². The average Bonchev–Trinajstić information content (AvgIpc) is 2.85. The summed E-state index contributed by atoms with van der Waals surface area (Å²) >= 11 is 0. The Morgan fingerprint density at radius 3 is 2.11 bits per heavy atom. The van der Waals surface area contributed by atoms with E-state index >= 15 is 0 Å². The summed E-state index contributed by atoms with van der Waals surface area (Å²) in [6.45, 7) is 1.93. The number of aryl methyl sites for hydroxylation is 1. The lowest BCUT2D eigenvalue weighted by Crippen LogP contribution is -2.17. The number of nitrogens with one attached hydrogen (secondary N) is 1. The molecular weight excluding hydrogens is 242 g/mol. The molecule has 0 spiro atoms. The first-order chi connectivity index (χ1) is 9.17. The second-order valence-electron chi connectivity index (χ2n) is 4.32. The smallest absolute Gasteiger partial charge is 0.125 e. The van der Waals surface area contributed by atoms with Gasteiger partial charge in [-0.1, -0.05) is 0 Å². The van der Waals surface area contributed by atoms with Crippen LogP contribution in [0.25, 0.3) is 0 Å². The second kappa shape index (κ2) is 5.80. The van der Waals surface area contributed by atoms with Gasteiger partial charge in [0.2, 0.25) is 0 Å². The number of hydrogen-bond acceptors (Lipinski definition) is 4. The molecule has 1 aromatic heterocycles. The predicted molar refractivity (Wildman–Crippen MR) is 73.9 cm³/mol. The van der Waals surface area contributed by atoms with Gasteiger partial charge in [-0.2, -0.15) is 0 Å². The Bertz CT molecular complexity index is 526. The molecule has 2 aromatic rings. The lowest BCUT2D eigenvalue weighted by atomic mass is 10.0. The van der Waals surface area contributed by atoms with Gasteiger partial charge in [0.1, 0.15) is 23.0 Å². The molecule has 2 rings (SSSR count). The quantitative estimate of drug-likeness (QED) is 0.898. The number of ether oxygens (including phenoxy) is 2. The van der Waals surface area contributed by atoms with Crippen molar-refractivity contribution in [2.75, 3.05) is 21.3 Å². The van der Waals surface area contributed by atoms with Crippen molar-refractivity contribution in [3.8, 4) is 11.5 Å². The van der Waals surface area contributed by atoms with Gasteiger partial charge < -0.3 is 19.2 Å². The Labute approximate surface area is 113 Å². The average molecular weight is 261 g/mol. The number of rotatable bonds is 5. The summed E-state index contributed by atoms with van der Waals surface area (Å²) in [6, 6.07) is 9.70. The molecule has 0 saturated carbocycles. The molecule has 0 aliphatic heterocycles. The Morgan fingerprint density at radius 1 is 1.05 bits per heavy atom. The summed E-state index contributed by atoms with van der Waals surface area (Å²) in [6.07, 6.45) is 0. The fourth-order valence-corrected chi connectivity index (χ4v) is 2.08. The first-order valence-electron chi connectivity index (χ1n) is 6.14. The molecule has 19 heavy (non-hydrogen) atoms. The number of hydrogen-bond donors (Lipinski definition) is 1. The zero-order valence-electron chi connectivity index (χ0n) is 11.7. The largest absolute Gasteiger partial charge is 0.497 e. The first kappa shape index (κ1) is 13.5. The highest BCUT2D eigenvalue weighted by atomic mass is 16.5. The molecule has 0 aliphatic rings. The number of benzene rings is 1. The van der Waals surface area contributed by atoms with Gasteiger partial charge in [-0.25, -0.2) is 0 Å². The van der Waals surface area contributed by atoms with Crippen LogP contribution in [0.1, 0.15) is 23.1 Å². The number of furan rings is 1. The van der Waals surface area contributed by atoms with Gasteiger partial charge in [-0.15, -0.1) is 0 Å². The van der Waals surface area contributed by atoms with Crippen LogP contribution in [0.4, 0.5) is 0 Å². The summed E-state index contributed by atoms with van der Waals surface area (Å²) in [5.74, 6) is 3.29. The van der Waals surface area contributed by atoms with E-state index in [1.54, 1.807) is 14.2 Å². The van der Waals surface area contributed by atoms with Gasteiger partial charge in [0, 0.05) is 6.07 Å². The van der Waals surface area contributed by atoms with E-state index in [1.165, 1.54) is 0 Å². The van der Waals surface area contributed by atoms with Gasteiger partial charge in [0.15, 0.2) is 0 Å². The fraction of sp³-hybridized carbons (Fsp3) is 0.333. The van der Waals surface area contributed by atoms with Crippen molar-refractivity contribution in [2.45, 2.75) is 13.0 Å². The normalized spacial score (nSPS) is 12.2. The topological polar surface area (TPSA) is 43.6 Å². The van der Waals surface area contributed by atoms with Crippen LogP contribution in [0.2, 0.25) is 0 Å². The molecule has 0 radical (unpaired) electrons. The van der Waals surface area contributed by atoms with Crippen molar-refractivity contribution < 1.29 is 13.9 Å². The molecule has 4 heteroatoms. The van der Waals surface area contributed by atoms with Gasteiger partial charge in [-0.3, -0.25) is 0 Å². The third kappa shape index (κ3) is 2.90. The van der Waals surface area contributed by atoms with Crippen LogP contribution < -0.4 is 14.8 Å². The predicted octanol–water partition coefficient (Wildman–Crippen LogP) is 2.91. The van der Waals surface area contributed by atoms with E-state index in [-0.39, 0.29) is 6.04 Å². The monoisotopic (exact) mass is 261 g/mol.